The first-order valence-electron chi connectivity index (χ1n) is 7.43. The fourth-order valence-electron chi connectivity index (χ4n) is 1.85. The van der Waals surface area contributed by atoms with E-state index >= 15 is 0 Å². The van der Waals surface area contributed by atoms with Gasteiger partial charge in [0.05, 0.1) is 0 Å². The highest BCUT2D eigenvalue weighted by molar-refractivity contribution is 5.29. The van der Waals surface area contributed by atoms with Gasteiger partial charge in [0.2, 0.25) is 0 Å². The van der Waals surface area contributed by atoms with E-state index < -0.39 is 0 Å². The highest BCUT2D eigenvalue weighted by atomic mass is 16.3. The topological polar surface area (TPSA) is 89.3 Å². The van der Waals surface area contributed by atoms with E-state index in [4.69, 9.17) is 21.4 Å². The molecule has 2 aromatic rings. The number of hydrogen-bond donors (Lipinski definition) is 3. The van der Waals surface area contributed by atoms with Crippen molar-refractivity contribution in [3.63, 3.8) is 0 Å². The highest BCUT2D eigenvalue weighted by Crippen LogP contribution is 2.23. The summed E-state index contributed by atoms with van der Waals surface area (Å²) in [5.74, 6) is 0.331. The molecule has 0 spiro atoms. The second-order valence-corrected chi connectivity index (χ2v) is 6.03. The van der Waals surface area contributed by atoms with Crippen molar-refractivity contribution < 1.29 is 9.90 Å². The molecule has 0 atom stereocenters. The molecule has 5 N–H and O–H groups in total. The van der Waals surface area contributed by atoms with Crippen LogP contribution in [0.15, 0.2) is 48.5 Å². The molecule has 0 aliphatic carbocycles. The molecule has 0 unspecified atom stereocenters. The van der Waals surface area contributed by atoms with Crippen molar-refractivity contribution in [2.75, 3.05) is 0 Å². The fraction of sp³-hybridized carbons (Fsp3) is 0.316. The average Bonchev–Trinajstić information content (AvgIpc) is 2.57. The summed E-state index contributed by atoms with van der Waals surface area (Å²) in [5.41, 5.74) is 14.6. The van der Waals surface area contributed by atoms with Crippen molar-refractivity contribution >= 4 is 6.79 Å². The van der Waals surface area contributed by atoms with Crippen LogP contribution in [0.1, 0.15) is 37.5 Å². The van der Waals surface area contributed by atoms with Gasteiger partial charge in [0.25, 0.3) is 0 Å². The zero-order valence-corrected chi connectivity index (χ0v) is 14.3. The molecule has 0 aliphatic rings. The molecule has 0 saturated carbocycles. The quantitative estimate of drug-likeness (QED) is 0.794. The number of aromatic hydroxyl groups is 1. The lowest BCUT2D eigenvalue weighted by Crippen LogP contribution is -2.10. The Morgan fingerprint density at radius 2 is 1.35 bits per heavy atom. The number of carbonyl (C=O) groups is 1. The van der Waals surface area contributed by atoms with Crippen LogP contribution in [0.5, 0.6) is 5.75 Å². The van der Waals surface area contributed by atoms with Crippen LogP contribution in [0.4, 0.5) is 0 Å². The van der Waals surface area contributed by atoms with Crippen LogP contribution in [0.3, 0.4) is 0 Å². The molecule has 0 heterocycles. The minimum atomic E-state index is 0.174. The Labute approximate surface area is 139 Å². The maximum absolute atomic E-state index is 9.02. The van der Waals surface area contributed by atoms with Crippen LogP contribution in [0, 0.1) is 0 Å². The third kappa shape index (κ3) is 8.14. The van der Waals surface area contributed by atoms with E-state index in [9.17, 15) is 0 Å². The number of nitrogens with two attached hydrogens (primary N) is 2. The van der Waals surface area contributed by atoms with Gasteiger partial charge in [-0.1, -0.05) is 57.2 Å². The lowest BCUT2D eigenvalue weighted by molar-refractivity contribution is -0.0979. The Kier molecular flexibility index (Phi) is 9.54. The number of rotatable bonds is 2. The summed E-state index contributed by atoms with van der Waals surface area (Å²) >= 11 is 0. The Morgan fingerprint density at radius 3 is 1.70 bits per heavy atom. The van der Waals surface area contributed by atoms with Gasteiger partial charge in [0.15, 0.2) is 0 Å². The van der Waals surface area contributed by atoms with E-state index in [-0.39, 0.29) is 5.41 Å². The zero-order valence-electron chi connectivity index (χ0n) is 14.3. The van der Waals surface area contributed by atoms with E-state index in [2.05, 4.69) is 20.8 Å². The van der Waals surface area contributed by atoms with Crippen LogP contribution in [0.2, 0.25) is 0 Å². The van der Waals surface area contributed by atoms with Crippen molar-refractivity contribution in [3.8, 4) is 5.75 Å². The molecule has 0 fully saturated rings. The van der Waals surface area contributed by atoms with Gasteiger partial charge in [-0.15, -0.1) is 0 Å². The monoisotopic (exact) mass is 316 g/mol. The van der Waals surface area contributed by atoms with Crippen molar-refractivity contribution in [2.45, 2.75) is 39.3 Å². The van der Waals surface area contributed by atoms with Crippen LogP contribution in [-0.4, -0.2) is 11.9 Å². The van der Waals surface area contributed by atoms with Crippen molar-refractivity contribution in [3.05, 3.63) is 65.2 Å². The largest absolute Gasteiger partial charge is 0.508 e. The molecule has 4 heteroatoms. The third-order valence-corrected chi connectivity index (χ3v) is 3.20. The lowest BCUT2D eigenvalue weighted by atomic mass is 9.87. The zero-order chi connectivity index (χ0) is 17.9. The number of carbonyl (C=O) groups excluding carboxylic acids is 1. The molecule has 0 radical (unpaired) electrons. The molecule has 2 rings (SSSR count). The summed E-state index contributed by atoms with van der Waals surface area (Å²) in [6.07, 6.45) is 0. The minimum Gasteiger partial charge on any atom is -0.508 e. The van der Waals surface area contributed by atoms with Crippen LogP contribution in [-0.2, 0) is 23.3 Å². The molecular formula is C19H28N2O2. The number of phenolic OH excluding ortho intramolecular Hbond substituents is 1. The van der Waals surface area contributed by atoms with Gasteiger partial charge >= 0.3 is 0 Å². The Hall–Kier alpha value is -2.17. The average molecular weight is 316 g/mol. The predicted octanol–water partition coefficient (Wildman–Crippen LogP) is 3.11. The second kappa shape index (κ2) is 10.5. The van der Waals surface area contributed by atoms with Crippen molar-refractivity contribution in [1.29, 1.82) is 0 Å². The van der Waals surface area contributed by atoms with E-state index in [0.717, 1.165) is 11.1 Å². The second-order valence-electron chi connectivity index (χ2n) is 6.03. The van der Waals surface area contributed by atoms with Crippen molar-refractivity contribution in [1.82, 2.24) is 0 Å². The van der Waals surface area contributed by atoms with Gasteiger partial charge in [-0.25, -0.2) is 0 Å². The first-order chi connectivity index (χ1) is 10.9. The minimum absolute atomic E-state index is 0.174. The normalized spacial score (nSPS) is 9.96. The molecule has 2 aromatic carbocycles. The van der Waals surface area contributed by atoms with Crippen LogP contribution in [0.25, 0.3) is 0 Å². The fourth-order valence-corrected chi connectivity index (χ4v) is 1.85. The van der Waals surface area contributed by atoms with E-state index in [1.54, 1.807) is 12.1 Å². The Balaban J connectivity index is 0.000000381. The van der Waals surface area contributed by atoms with Gasteiger partial charge in [-0.2, -0.15) is 0 Å². The van der Waals surface area contributed by atoms with Gasteiger partial charge in [-0.3, -0.25) is 0 Å². The predicted molar refractivity (Wildman–Crippen MR) is 96.2 cm³/mol. The first kappa shape index (κ1) is 20.8. The molecule has 0 bridgehead atoms. The van der Waals surface area contributed by atoms with Crippen LogP contribution >= 0.6 is 0 Å². The van der Waals surface area contributed by atoms with Crippen LogP contribution < -0.4 is 11.5 Å². The maximum Gasteiger partial charge on any atom is 0.115 e. The molecular weight excluding hydrogens is 288 g/mol. The SMILES string of the molecule is C=O.CC(C)(C)c1ccc(O)cc1.NCc1cccc(CN)c1. The smallest absolute Gasteiger partial charge is 0.115 e. The standard InChI is InChI=1S/C10H14O.C8H12N2.CH2O/c1-10(2,3)8-4-6-9(11)7-5-8;9-5-7-2-1-3-8(4-7)6-10;1-2/h4-7,11H,1-3H3;1-4H,5-6,9-10H2;1H2. The van der Waals surface area contributed by atoms with E-state index in [1.807, 2.05) is 43.2 Å². The molecule has 0 saturated heterocycles. The number of phenols is 1. The van der Waals surface area contributed by atoms with E-state index in [0.29, 0.717) is 18.8 Å². The first-order valence-corrected chi connectivity index (χ1v) is 7.43. The molecule has 4 nitrogen and oxygen atoms in total. The third-order valence-electron chi connectivity index (χ3n) is 3.20. The molecule has 0 amide bonds. The summed E-state index contributed by atoms with van der Waals surface area (Å²) in [4.78, 5) is 8.00. The summed E-state index contributed by atoms with van der Waals surface area (Å²) in [5, 5.41) is 9.02. The van der Waals surface area contributed by atoms with E-state index in [1.165, 1.54) is 5.56 Å². The molecule has 0 aromatic heterocycles. The highest BCUT2D eigenvalue weighted by Gasteiger charge is 2.12. The number of hydrogen-bond acceptors (Lipinski definition) is 4. The van der Waals surface area contributed by atoms with Gasteiger partial charge in [0.1, 0.15) is 12.5 Å². The molecule has 126 valence electrons. The summed E-state index contributed by atoms with van der Waals surface area (Å²) < 4.78 is 0. The lowest BCUT2D eigenvalue weighted by Gasteiger charge is -2.18. The number of benzene rings is 2. The summed E-state index contributed by atoms with van der Waals surface area (Å²) in [6, 6.07) is 15.4. The van der Waals surface area contributed by atoms with Gasteiger partial charge in [-0.05, 0) is 34.2 Å². The Bertz CT molecular complexity index is 541. The Morgan fingerprint density at radius 1 is 0.913 bits per heavy atom. The molecule has 0 aliphatic heterocycles. The van der Waals surface area contributed by atoms with Gasteiger partial charge < -0.3 is 21.4 Å². The summed E-state index contributed by atoms with van der Waals surface area (Å²) in [7, 11) is 0. The van der Waals surface area contributed by atoms with Gasteiger partial charge in [0, 0.05) is 13.1 Å². The van der Waals surface area contributed by atoms with Crippen molar-refractivity contribution in [2.24, 2.45) is 11.5 Å². The maximum atomic E-state index is 9.02. The molecule has 23 heavy (non-hydrogen) atoms. The summed E-state index contributed by atoms with van der Waals surface area (Å²) in [6.45, 7) is 9.64.